The highest BCUT2D eigenvalue weighted by atomic mass is 127. The molecule has 0 unspecified atom stereocenters. The molecule has 0 amide bonds. The molecule has 102 valence electrons. The Hall–Kier alpha value is -0.370. The van der Waals surface area contributed by atoms with Crippen LogP contribution in [0, 0.1) is 19.8 Å². The summed E-state index contributed by atoms with van der Waals surface area (Å²) in [5.41, 5.74) is 6.86. The smallest absolute Gasteiger partial charge is 0.188 e. The quantitative estimate of drug-likeness (QED) is 0.480. The highest BCUT2D eigenvalue weighted by Crippen LogP contribution is 2.25. The largest absolute Gasteiger partial charge is 0.370 e. The first-order chi connectivity index (χ1) is 8.15. The lowest BCUT2D eigenvalue weighted by atomic mass is 9.85. The van der Waals surface area contributed by atoms with Gasteiger partial charge in [0.2, 0.25) is 0 Å². The summed E-state index contributed by atoms with van der Waals surface area (Å²) in [6.45, 7) is 5.64. The lowest BCUT2D eigenvalue weighted by molar-refractivity contribution is 0.315. The van der Waals surface area contributed by atoms with Crippen LogP contribution in [-0.2, 0) is 6.54 Å². The predicted octanol–water partition coefficient (Wildman–Crippen LogP) is 2.58. The summed E-state index contributed by atoms with van der Waals surface area (Å²) in [4.78, 5) is 9.99. The molecule has 0 radical (unpaired) electrons. The number of guanidine groups is 1. The first kappa shape index (κ1) is 15.7. The number of halogens is 1. The van der Waals surface area contributed by atoms with E-state index in [2.05, 4.69) is 22.2 Å². The number of hydrogen-bond donors (Lipinski definition) is 2. The van der Waals surface area contributed by atoms with Crippen molar-refractivity contribution in [1.29, 1.82) is 0 Å². The third kappa shape index (κ3) is 4.38. The molecule has 1 saturated carbocycles. The Balaban J connectivity index is 0.00000162. The zero-order chi connectivity index (χ0) is 12.3. The van der Waals surface area contributed by atoms with Crippen molar-refractivity contribution < 1.29 is 0 Å². The van der Waals surface area contributed by atoms with E-state index in [1.807, 2.05) is 6.92 Å². The molecule has 0 aromatic carbocycles. The molecule has 3 N–H and O–H groups in total. The third-order valence-corrected chi connectivity index (χ3v) is 4.12. The highest BCUT2D eigenvalue weighted by molar-refractivity contribution is 14.0. The van der Waals surface area contributed by atoms with Gasteiger partial charge in [-0.05, 0) is 32.6 Å². The molecular formula is C12H21IN4S. The van der Waals surface area contributed by atoms with Crippen molar-refractivity contribution in [3.63, 3.8) is 0 Å². The minimum absolute atomic E-state index is 0. The van der Waals surface area contributed by atoms with Gasteiger partial charge in [0.05, 0.1) is 17.2 Å². The standard InChI is InChI=1S/C12H20N4S.HI/c1-8-11(16-9(2)17-8)7-15-12(13)14-6-10-4-3-5-10;/h10H,3-7H2,1-2H3,(H3,13,14,15);1H. The van der Waals surface area contributed by atoms with Crippen LogP contribution in [0.15, 0.2) is 4.99 Å². The minimum atomic E-state index is 0. The van der Waals surface area contributed by atoms with Crippen LogP contribution in [0.4, 0.5) is 0 Å². The van der Waals surface area contributed by atoms with Gasteiger partial charge in [-0.3, -0.25) is 0 Å². The molecule has 18 heavy (non-hydrogen) atoms. The fourth-order valence-electron chi connectivity index (χ4n) is 1.88. The number of hydrogen-bond acceptors (Lipinski definition) is 3. The van der Waals surface area contributed by atoms with E-state index in [4.69, 9.17) is 5.73 Å². The van der Waals surface area contributed by atoms with Crippen LogP contribution in [0.1, 0.15) is 34.8 Å². The van der Waals surface area contributed by atoms with E-state index in [9.17, 15) is 0 Å². The second-order valence-electron chi connectivity index (χ2n) is 4.62. The Morgan fingerprint density at radius 1 is 1.50 bits per heavy atom. The Labute approximate surface area is 129 Å². The average Bonchev–Trinajstić information content (AvgIpc) is 2.52. The fourth-order valence-corrected chi connectivity index (χ4v) is 2.71. The maximum absolute atomic E-state index is 5.82. The van der Waals surface area contributed by atoms with Gasteiger partial charge in [-0.15, -0.1) is 35.3 Å². The predicted molar refractivity (Wildman–Crippen MR) is 87.7 cm³/mol. The van der Waals surface area contributed by atoms with E-state index in [0.29, 0.717) is 12.5 Å². The monoisotopic (exact) mass is 380 g/mol. The number of aryl methyl sites for hydroxylation is 2. The molecule has 0 aliphatic heterocycles. The van der Waals surface area contributed by atoms with Crippen molar-refractivity contribution in [2.24, 2.45) is 16.6 Å². The van der Waals surface area contributed by atoms with Crippen LogP contribution in [0.2, 0.25) is 0 Å². The number of nitrogens with zero attached hydrogens (tertiary/aromatic N) is 2. The van der Waals surface area contributed by atoms with Crippen LogP contribution >= 0.6 is 35.3 Å². The van der Waals surface area contributed by atoms with E-state index in [1.165, 1.54) is 24.1 Å². The van der Waals surface area contributed by atoms with E-state index in [0.717, 1.165) is 23.2 Å². The van der Waals surface area contributed by atoms with Crippen molar-refractivity contribution in [2.45, 2.75) is 39.7 Å². The molecular weight excluding hydrogens is 359 g/mol. The average molecular weight is 380 g/mol. The molecule has 1 fully saturated rings. The van der Waals surface area contributed by atoms with E-state index >= 15 is 0 Å². The molecule has 0 atom stereocenters. The Morgan fingerprint density at radius 3 is 2.72 bits per heavy atom. The summed E-state index contributed by atoms with van der Waals surface area (Å²) >= 11 is 1.71. The van der Waals surface area contributed by atoms with Crippen molar-refractivity contribution in [3.05, 3.63) is 15.6 Å². The van der Waals surface area contributed by atoms with Gasteiger partial charge in [-0.25, -0.2) is 9.98 Å². The van der Waals surface area contributed by atoms with E-state index < -0.39 is 0 Å². The first-order valence-electron chi connectivity index (χ1n) is 6.12. The van der Waals surface area contributed by atoms with E-state index in [1.54, 1.807) is 11.3 Å². The van der Waals surface area contributed by atoms with Crippen molar-refractivity contribution in [2.75, 3.05) is 6.54 Å². The number of nitrogens with two attached hydrogens (primary N) is 1. The topological polar surface area (TPSA) is 63.3 Å². The zero-order valence-corrected chi connectivity index (χ0v) is 14.0. The molecule has 1 aromatic heterocycles. The number of aromatic nitrogens is 1. The normalized spacial score (nSPS) is 16.0. The number of rotatable bonds is 4. The summed E-state index contributed by atoms with van der Waals surface area (Å²) < 4.78 is 0. The molecule has 0 saturated heterocycles. The Bertz CT molecular complexity index is 412. The summed E-state index contributed by atoms with van der Waals surface area (Å²) in [7, 11) is 0. The van der Waals surface area contributed by atoms with Gasteiger partial charge in [-0.1, -0.05) is 6.42 Å². The van der Waals surface area contributed by atoms with Crippen LogP contribution in [0.25, 0.3) is 0 Å². The molecule has 1 aromatic rings. The first-order valence-corrected chi connectivity index (χ1v) is 6.93. The van der Waals surface area contributed by atoms with Gasteiger partial charge in [0.25, 0.3) is 0 Å². The van der Waals surface area contributed by atoms with Gasteiger partial charge in [0.15, 0.2) is 5.96 Å². The van der Waals surface area contributed by atoms with Gasteiger partial charge >= 0.3 is 0 Å². The lowest BCUT2D eigenvalue weighted by Crippen LogP contribution is -2.37. The molecule has 1 aliphatic rings. The van der Waals surface area contributed by atoms with Gasteiger partial charge in [-0.2, -0.15) is 0 Å². The minimum Gasteiger partial charge on any atom is -0.370 e. The number of thiazole rings is 1. The zero-order valence-electron chi connectivity index (χ0n) is 10.9. The van der Waals surface area contributed by atoms with Gasteiger partial charge in [0, 0.05) is 11.4 Å². The summed E-state index contributed by atoms with van der Waals surface area (Å²) in [5.74, 6) is 1.34. The maximum atomic E-state index is 5.82. The third-order valence-electron chi connectivity index (χ3n) is 3.20. The highest BCUT2D eigenvalue weighted by Gasteiger charge is 2.16. The van der Waals surface area contributed by atoms with Crippen LogP contribution in [-0.4, -0.2) is 17.5 Å². The molecule has 0 spiro atoms. The van der Waals surface area contributed by atoms with Crippen molar-refractivity contribution >= 4 is 41.3 Å². The van der Waals surface area contributed by atoms with Crippen LogP contribution < -0.4 is 11.1 Å². The molecule has 1 aliphatic carbocycles. The van der Waals surface area contributed by atoms with Gasteiger partial charge < -0.3 is 11.1 Å². The SMILES string of the molecule is Cc1nc(CN=C(N)NCC2CCC2)c(C)s1.I. The Kier molecular flexibility index (Phi) is 6.34. The van der Waals surface area contributed by atoms with Crippen LogP contribution in [0.3, 0.4) is 0 Å². The number of aliphatic imine (C=N–C) groups is 1. The maximum Gasteiger partial charge on any atom is 0.188 e. The van der Waals surface area contributed by atoms with E-state index in [-0.39, 0.29) is 24.0 Å². The lowest BCUT2D eigenvalue weighted by Gasteiger charge is -2.25. The molecule has 6 heteroatoms. The van der Waals surface area contributed by atoms with Crippen LogP contribution in [0.5, 0.6) is 0 Å². The molecule has 0 bridgehead atoms. The fraction of sp³-hybridized carbons (Fsp3) is 0.667. The molecule has 2 rings (SSSR count). The second-order valence-corrected chi connectivity index (χ2v) is 6.02. The van der Waals surface area contributed by atoms with Crippen molar-refractivity contribution in [1.82, 2.24) is 10.3 Å². The van der Waals surface area contributed by atoms with Gasteiger partial charge in [0.1, 0.15) is 0 Å². The molecule has 4 nitrogen and oxygen atoms in total. The molecule has 1 heterocycles. The summed E-state index contributed by atoms with van der Waals surface area (Å²) in [5, 5.41) is 4.28. The van der Waals surface area contributed by atoms with Crippen molar-refractivity contribution in [3.8, 4) is 0 Å². The Morgan fingerprint density at radius 2 is 2.22 bits per heavy atom. The number of nitrogens with one attached hydrogen (secondary N) is 1. The second kappa shape index (κ2) is 7.28. The summed E-state index contributed by atoms with van der Waals surface area (Å²) in [6, 6.07) is 0. The summed E-state index contributed by atoms with van der Waals surface area (Å²) in [6.07, 6.45) is 4.01.